The molecule has 0 heterocycles. The van der Waals surface area contributed by atoms with Gasteiger partial charge in [-0.2, -0.15) is 0 Å². The van der Waals surface area contributed by atoms with Crippen LogP contribution in [0.4, 0.5) is 0 Å². The first kappa shape index (κ1) is 24.2. The number of fused-ring (bicyclic) bond motifs is 5. The molecule has 7 unspecified atom stereocenters. The molecule has 8 heteroatoms. The SMILES string of the molecule is CC12CCC(=NOCC(=O)NC(CO)C(=O)O)C=C1CCC1C2CCC2(C)C1CCC2(C)O. The minimum Gasteiger partial charge on any atom is -0.480 e. The number of aliphatic hydroxyl groups excluding tert-OH is 1. The van der Waals surface area contributed by atoms with Gasteiger partial charge >= 0.3 is 5.97 Å². The van der Waals surface area contributed by atoms with Crippen LogP contribution in [0.2, 0.25) is 0 Å². The summed E-state index contributed by atoms with van der Waals surface area (Å²) in [5.41, 5.74) is 1.84. The molecule has 3 saturated carbocycles. The number of nitrogens with one attached hydrogen (secondary N) is 1. The number of carbonyl (C=O) groups is 2. The third kappa shape index (κ3) is 4.09. The summed E-state index contributed by atoms with van der Waals surface area (Å²) in [5, 5.41) is 35.3. The Morgan fingerprint density at radius 3 is 2.58 bits per heavy atom. The molecule has 4 N–H and O–H groups in total. The maximum Gasteiger partial charge on any atom is 0.328 e. The molecule has 0 aromatic heterocycles. The molecule has 0 aromatic rings. The number of carboxylic acid groups (broad SMARTS) is 1. The third-order valence-electron chi connectivity index (χ3n) is 9.73. The quantitative estimate of drug-likeness (QED) is 0.449. The van der Waals surface area contributed by atoms with E-state index in [1.54, 1.807) is 0 Å². The molecule has 0 spiro atoms. The number of hydrogen-bond acceptors (Lipinski definition) is 6. The van der Waals surface area contributed by atoms with Crippen LogP contribution in [0.1, 0.15) is 72.1 Å². The molecule has 0 saturated heterocycles. The van der Waals surface area contributed by atoms with E-state index in [1.807, 2.05) is 6.92 Å². The fourth-order valence-corrected chi connectivity index (χ4v) is 7.48. The molecule has 7 atom stereocenters. The monoisotopic (exact) mass is 462 g/mol. The van der Waals surface area contributed by atoms with Gasteiger partial charge < -0.3 is 25.5 Å². The van der Waals surface area contributed by atoms with Crippen LogP contribution in [0.15, 0.2) is 16.8 Å². The second-order valence-corrected chi connectivity index (χ2v) is 11.3. The van der Waals surface area contributed by atoms with Gasteiger partial charge in [-0.1, -0.05) is 24.6 Å². The number of rotatable bonds is 6. The average Bonchev–Trinajstić information content (AvgIpc) is 3.01. The molecule has 4 aliphatic carbocycles. The number of oxime groups is 1. The van der Waals surface area contributed by atoms with Gasteiger partial charge in [-0.3, -0.25) is 4.79 Å². The number of allylic oxidation sites excluding steroid dienone is 2. The van der Waals surface area contributed by atoms with Gasteiger partial charge in [0.1, 0.15) is 6.04 Å². The largest absolute Gasteiger partial charge is 0.480 e. The van der Waals surface area contributed by atoms with Gasteiger partial charge in [-0.05, 0) is 93.0 Å². The normalized spacial score (nSPS) is 41.9. The number of aliphatic carboxylic acids is 1. The lowest BCUT2D eigenvalue weighted by atomic mass is 9.46. The number of amides is 1. The van der Waals surface area contributed by atoms with Crippen molar-refractivity contribution in [3.05, 3.63) is 11.6 Å². The van der Waals surface area contributed by atoms with Crippen LogP contribution in [0, 0.1) is 28.6 Å². The highest BCUT2D eigenvalue weighted by molar-refractivity contribution is 5.96. The molecule has 0 aromatic carbocycles. The molecule has 33 heavy (non-hydrogen) atoms. The van der Waals surface area contributed by atoms with E-state index in [4.69, 9.17) is 15.1 Å². The molecular formula is C25H38N2O6. The van der Waals surface area contributed by atoms with Crippen molar-refractivity contribution >= 4 is 17.6 Å². The molecule has 4 aliphatic rings. The zero-order valence-electron chi connectivity index (χ0n) is 20.0. The van der Waals surface area contributed by atoms with Gasteiger partial charge in [-0.15, -0.1) is 0 Å². The molecule has 3 fully saturated rings. The number of hydrogen-bond donors (Lipinski definition) is 4. The summed E-state index contributed by atoms with van der Waals surface area (Å²) in [4.78, 5) is 27.9. The van der Waals surface area contributed by atoms with Crippen molar-refractivity contribution in [3.63, 3.8) is 0 Å². The van der Waals surface area contributed by atoms with E-state index in [-0.39, 0.29) is 10.8 Å². The molecule has 8 nitrogen and oxygen atoms in total. The Hall–Kier alpha value is -1.93. The van der Waals surface area contributed by atoms with E-state index in [1.165, 1.54) is 5.57 Å². The van der Waals surface area contributed by atoms with E-state index in [9.17, 15) is 14.7 Å². The Morgan fingerprint density at radius 1 is 1.15 bits per heavy atom. The minimum absolute atomic E-state index is 0.0249. The molecule has 1 amide bonds. The van der Waals surface area contributed by atoms with Crippen LogP contribution in [0.3, 0.4) is 0 Å². The van der Waals surface area contributed by atoms with E-state index < -0.39 is 36.7 Å². The van der Waals surface area contributed by atoms with Gasteiger partial charge in [-0.25, -0.2) is 4.79 Å². The molecule has 184 valence electrons. The van der Waals surface area contributed by atoms with Crippen molar-refractivity contribution in [1.29, 1.82) is 0 Å². The number of carboxylic acids is 1. The summed E-state index contributed by atoms with van der Waals surface area (Å²) in [5.74, 6) is -0.0492. The minimum atomic E-state index is -1.35. The highest BCUT2D eigenvalue weighted by atomic mass is 16.6. The predicted octanol–water partition coefficient (Wildman–Crippen LogP) is 2.63. The maximum atomic E-state index is 11.8. The van der Waals surface area contributed by atoms with Gasteiger partial charge in [0.15, 0.2) is 6.61 Å². The average molecular weight is 463 g/mol. The fraction of sp³-hybridized carbons (Fsp3) is 0.800. The first-order valence-electron chi connectivity index (χ1n) is 12.3. The Balaban J connectivity index is 1.41. The summed E-state index contributed by atoms with van der Waals surface area (Å²) < 4.78 is 0. The van der Waals surface area contributed by atoms with E-state index in [0.29, 0.717) is 17.8 Å². The van der Waals surface area contributed by atoms with Gasteiger partial charge in [0.25, 0.3) is 5.91 Å². The van der Waals surface area contributed by atoms with Crippen molar-refractivity contribution < 1.29 is 29.7 Å². The summed E-state index contributed by atoms with van der Waals surface area (Å²) >= 11 is 0. The predicted molar refractivity (Wildman–Crippen MR) is 122 cm³/mol. The summed E-state index contributed by atoms with van der Waals surface area (Å²) in [7, 11) is 0. The second-order valence-electron chi connectivity index (χ2n) is 11.3. The summed E-state index contributed by atoms with van der Waals surface area (Å²) in [6.07, 6.45) is 10.4. The molecule has 0 aliphatic heterocycles. The first-order valence-corrected chi connectivity index (χ1v) is 12.3. The van der Waals surface area contributed by atoms with Crippen LogP contribution in [0.5, 0.6) is 0 Å². The lowest BCUT2D eigenvalue weighted by Crippen LogP contribution is -2.53. The lowest BCUT2D eigenvalue weighted by Gasteiger charge is -2.59. The van der Waals surface area contributed by atoms with Crippen molar-refractivity contribution in [2.75, 3.05) is 13.2 Å². The molecule has 4 rings (SSSR count). The van der Waals surface area contributed by atoms with Crippen LogP contribution in [0.25, 0.3) is 0 Å². The number of carbonyl (C=O) groups excluding carboxylic acids is 1. The van der Waals surface area contributed by atoms with Crippen LogP contribution in [-0.2, 0) is 14.4 Å². The van der Waals surface area contributed by atoms with Gasteiger partial charge in [0.2, 0.25) is 0 Å². The molecule has 0 radical (unpaired) electrons. The number of nitrogens with zero attached hydrogens (tertiary/aromatic N) is 1. The maximum absolute atomic E-state index is 11.8. The van der Waals surface area contributed by atoms with E-state index in [0.717, 1.165) is 57.1 Å². The Kier molecular flexibility index (Phi) is 6.37. The summed E-state index contributed by atoms with van der Waals surface area (Å²) in [6, 6.07) is -1.35. The highest BCUT2D eigenvalue weighted by Gasteiger charge is 2.62. The van der Waals surface area contributed by atoms with Gasteiger partial charge in [0, 0.05) is 0 Å². The van der Waals surface area contributed by atoms with Crippen LogP contribution in [-0.4, -0.2) is 57.8 Å². The van der Waals surface area contributed by atoms with Crippen molar-refractivity contribution in [2.45, 2.75) is 83.8 Å². The second kappa shape index (κ2) is 8.69. The zero-order chi connectivity index (χ0) is 24.0. The van der Waals surface area contributed by atoms with E-state index >= 15 is 0 Å². The third-order valence-corrected chi connectivity index (χ3v) is 9.73. The van der Waals surface area contributed by atoms with Crippen LogP contribution < -0.4 is 5.32 Å². The van der Waals surface area contributed by atoms with E-state index in [2.05, 4.69) is 30.4 Å². The zero-order valence-corrected chi connectivity index (χ0v) is 20.0. The first-order chi connectivity index (χ1) is 15.5. The van der Waals surface area contributed by atoms with Crippen molar-refractivity contribution in [3.8, 4) is 0 Å². The molecule has 0 bridgehead atoms. The number of aliphatic hydroxyl groups is 2. The summed E-state index contributed by atoms with van der Waals surface area (Å²) in [6.45, 7) is 5.68. The molecular weight excluding hydrogens is 424 g/mol. The van der Waals surface area contributed by atoms with Crippen molar-refractivity contribution in [1.82, 2.24) is 5.32 Å². The lowest BCUT2D eigenvalue weighted by molar-refractivity contribution is -0.143. The Bertz CT molecular complexity index is 867. The topological polar surface area (TPSA) is 128 Å². The standard InChI is InChI=1S/C25H38N2O6/c1-23-9-6-16(27-33-14-21(29)26-20(13-28)22(30)31)12-15(23)4-5-17-18(23)7-10-24(2)19(17)8-11-25(24,3)32/h12,17-20,28,32H,4-11,13-14H2,1-3H3,(H,26,29)(H,30,31). The highest BCUT2D eigenvalue weighted by Crippen LogP contribution is 2.67. The Labute approximate surface area is 195 Å². The smallest absolute Gasteiger partial charge is 0.328 e. The Morgan fingerprint density at radius 2 is 1.88 bits per heavy atom. The van der Waals surface area contributed by atoms with Gasteiger partial charge in [0.05, 0.1) is 17.9 Å². The van der Waals surface area contributed by atoms with Crippen LogP contribution >= 0.6 is 0 Å². The fourth-order valence-electron chi connectivity index (χ4n) is 7.48. The van der Waals surface area contributed by atoms with Crippen molar-refractivity contribution in [2.24, 2.45) is 33.7 Å².